The predicted octanol–water partition coefficient (Wildman–Crippen LogP) is 5.07. The smallest absolute Gasteiger partial charge is 0.0568 e. The standard InChI is InChI=1S/C17H32O/c18-17(14-13-15-9-5-4-6-10-15)16-11-7-2-1-3-8-12-16/h15-18H,1-14H2. The monoisotopic (exact) mass is 252 g/mol. The van der Waals surface area contributed by atoms with Crippen LogP contribution in [0.2, 0.25) is 0 Å². The molecular formula is C17H32O. The van der Waals surface area contributed by atoms with Crippen molar-refractivity contribution in [2.75, 3.05) is 0 Å². The average Bonchev–Trinajstić information content (AvgIpc) is 2.37. The van der Waals surface area contributed by atoms with Gasteiger partial charge in [0.05, 0.1) is 6.10 Å². The molecule has 0 aromatic rings. The van der Waals surface area contributed by atoms with E-state index >= 15 is 0 Å². The minimum atomic E-state index is 0.00465. The summed E-state index contributed by atoms with van der Waals surface area (Å²) >= 11 is 0. The lowest BCUT2D eigenvalue weighted by molar-refractivity contribution is 0.0747. The van der Waals surface area contributed by atoms with E-state index in [1.54, 1.807) is 0 Å². The molecule has 0 radical (unpaired) electrons. The van der Waals surface area contributed by atoms with Gasteiger partial charge in [-0.25, -0.2) is 0 Å². The van der Waals surface area contributed by atoms with Gasteiger partial charge in [0.1, 0.15) is 0 Å². The second-order valence-corrected chi connectivity index (χ2v) is 6.75. The molecule has 0 saturated heterocycles. The maximum atomic E-state index is 10.4. The van der Waals surface area contributed by atoms with Gasteiger partial charge in [-0.05, 0) is 37.5 Å². The lowest BCUT2D eigenvalue weighted by atomic mass is 9.81. The highest BCUT2D eigenvalue weighted by Crippen LogP contribution is 2.31. The van der Waals surface area contributed by atoms with Crippen molar-refractivity contribution in [1.29, 1.82) is 0 Å². The van der Waals surface area contributed by atoms with Crippen LogP contribution in [0.25, 0.3) is 0 Å². The first-order valence-electron chi connectivity index (χ1n) is 8.54. The third-order valence-electron chi connectivity index (χ3n) is 5.29. The van der Waals surface area contributed by atoms with Crippen molar-refractivity contribution in [3.63, 3.8) is 0 Å². The Morgan fingerprint density at radius 2 is 1.22 bits per heavy atom. The summed E-state index contributed by atoms with van der Waals surface area (Å²) in [6.45, 7) is 0. The van der Waals surface area contributed by atoms with Crippen LogP contribution in [0.3, 0.4) is 0 Å². The quantitative estimate of drug-likeness (QED) is 0.740. The fourth-order valence-electron chi connectivity index (χ4n) is 3.99. The molecule has 0 bridgehead atoms. The van der Waals surface area contributed by atoms with Crippen LogP contribution in [-0.4, -0.2) is 11.2 Å². The van der Waals surface area contributed by atoms with Gasteiger partial charge in [-0.15, -0.1) is 0 Å². The molecule has 0 amide bonds. The number of hydrogen-bond donors (Lipinski definition) is 1. The van der Waals surface area contributed by atoms with Crippen LogP contribution < -0.4 is 0 Å². The molecule has 2 saturated carbocycles. The first-order valence-corrected chi connectivity index (χ1v) is 8.54. The molecule has 2 rings (SSSR count). The molecule has 2 aliphatic carbocycles. The Morgan fingerprint density at radius 3 is 1.89 bits per heavy atom. The maximum Gasteiger partial charge on any atom is 0.0568 e. The zero-order chi connectivity index (χ0) is 12.6. The maximum absolute atomic E-state index is 10.4. The molecule has 1 atom stereocenters. The highest BCUT2D eigenvalue weighted by Gasteiger charge is 2.21. The fraction of sp³-hybridized carbons (Fsp3) is 1.00. The van der Waals surface area contributed by atoms with Gasteiger partial charge in [-0.3, -0.25) is 0 Å². The zero-order valence-corrected chi connectivity index (χ0v) is 12.1. The van der Waals surface area contributed by atoms with Crippen LogP contribution >= 0.6 is 0 Å². The van der Waals surface area contributed by atoms with Gasteiger partial charge in [0.25, 0.3) is 0 Å². The minimum absolute atomic E-state index is 0.00465. The van der Waals surface area contributed by atoms with E-state index in [0.29, 0.717) is 5.92 Å². The van der Waals surface area contributed by atoms with Crippen molar-refractivity contribution in [2.24, 2.45) is 11.8 Å². The molecule has 2 aliphatic rings. The van der Waals surface area contributed by atoms with Crippen molar-refractivity contribution in [3.8, 4) is 0 Å². The largest absolute Gasteiger partial charge is 0.393 e. The summed E-state index contributed by atoms with van der Waals surface area (Å²) in [7, 11) is 0. The van der Waals surface area contributed by atoms with E-state index in [2.05, 4.69) is 0 Å². The highest BCUT2D eigenvalue weighted by atomic mass is 16.3. The summed E-state index contributed by atoms with van der Waals surface area (Å²) in [5, 5.41) is 10.4. The third-order valence-corrected chi connectivity index (χ3v) is 5.29. The molecule has 1 N–H and O–H groups in total. The van der Waals surface area contributed by atoms with Gasteiger partial charge in [0, 0.05) is 0 Å². The second-order valence-electron chi connectivity index (χ2n) is 6.75. The normalized spacial score (nSPS) is 26.5. The molecule has 18 heavy (non-hydrogen) atoms. The van der Waals surface area contributed by atoms with E-state index in [-0.39, 0.29) is 6.10 Å². The van der Waals surface area contributed by atoms with Gasteiger partial charge in [0.15, 0.2) is 0 Å². The van der Waals surface area contributed by atoms with E-state index in [0.717, 1.165) is 12.3 Å². The van der Waals surface area contributed by atoms with Crippen LogP contribution in [0, 0.1) is 11.8 Å². The summed E-state index contributed by atoms with van der Waals surface area (Å²) in [6, 6.07) is 0. The first-order chi connectivity index (χ1) is 8.86. The lowest BCUT2D eigenvalue weighted by Crippen LogP contribution is -2.22. The van der Waals surface area contributed by atoms with E-state index < -0.39 is 0 Å². The van der Waals surface area contributed by atoms with Crippen LogP contribution in [0.4, 0.5) is 0 Å². The third kappa shape index (κ3) is 4.91. The number of hydrogen-bond acceptors (Lipinski definition) is 1. The Kier molecular flexibility index (Phi) is 6.54. The van der Waals surface area contributed by atoms with Crippen LogP contribution in [-0.2, 0) is 0 Å². The van der Waals surface area contributed by atoms with Crippen molar-refractivity contribution >= 4 is 0 Å². The van der Waals surface area contributed by atoms with Gasteiger partial charge < -0.3 is 5.11 Å². The minimum Gasteiger partial charge on any atom is -0.393 e. The Labute approximate surface area is 113 Å². The van der Waals surface area contributed by atoms with E-state index in [1.165, 1.54) is 83.5 Å². The molecule has 106 valence electrons. The molecule has 1 unspecified atom stereocenters. The lowest BCUT2D eigenvalue weighted by Gasteiger charge is -2.27. The molecule has 1 nitrogen and oxygen atoms in total. The van der Waals surface area contributed by atoms with Gasteiger partial charge >= 0.3 is 0 Å². The van der Waals surface area contributed by atoms with Crippen molar-refractivity contribution in [1.82, 2.24) is 0 Å². The Bertz CT molecular complexity index is 200. The molecule has 0 aliphatic heterocycles. The first kappa shape index (κ1) is 14.4. The topological polar surface area (TPSA) is 20.2 Å². The summed E-state index contributed by atoms with van der Waals surface area (Å²) in [4.78, 5) is 0. The second kappa shape index (κ2) is 8.19. The zero-order valence-electron chi connectivity index (χ0n) is 12.1. The van der Waals surface area contributed by atoms with Crippen LogP contribution in [0.1, 0.15) is 89.9 Å². The average molecular weight is 252 g/mol. The predicted molar refractivity (Wildman–Crippen MR) is 77.6 cm³/mol. The molecule has 0 spiro atoms. The van der Waals surface area contributed by atoms with Crippen molar-refractivity contribution in [2.45, 2.75) is 96.0 Å². The number of aliphatic hydroxyl groups excluding tert-OH is 1. The van der Waals surface area contributed by atoms with Gasteiger partial charge in [-0.2, -0.15) is 0 Å². The molecular weight excluding hydrogens is 220 g/mol. The molecule has 0 aromatic heterocycles. The SMILES string of the molecule is OC(CCC1CCCCC1)C1CCCCCCC1. The molecule has 0 aromatic carbocycles. The Hall–Kier alpha value is -0.0400. The summed E-state index contributed by atoms with van der Waals surface area (Å²) in [6.07, 6.45) is 19.0. The summed E-state index contributed by atoms with van der Waals surface area (Å²) in [5.74, 6) is 1.55. The molecule has 2 fully saturated rings. The fourth-order valence-corrected chi connectivity index (χ4v) is 3.99. The van der Waals surface area contributed by atoms with E-state index in [1.807, 2.05) is 0 Å². The van der Waals surface area contributed by atoms with Crippen LogP contribution in [0.5, 0.6) is 0 Å². The summed E-state index contributed by atoms with van der Waals surface area (Å²) in [5.41, 5.74) is 0. The van der Waals surface area contributed by atoms with Gasteiger partial charge in [-0.1, -0.05) is 64.2 Å². The van der Waals surface area contributed by atoms with Crippen molar-refractivity contribution < 1.29 is 5.11 Å². The number of rotatable bonds is 4. The summed E-state index contributed by atoms with van der Waals surface area (Å²) < 4.78 is 0. The van der Waals surface area contributed by atoms with E-state index in [4.69, 9.17) is 0 Å². The Morgan fingerprint density at radius 1 is 0.722 bits per heavy atom. The van der Waals surface area contributed by atoms with Crippen LogP contribution in [0.15, 0.2) is 0 Å². The van der Waals surface area contributed by atoms with Gasteiger partial charge in [0.2, 0.25) is 0 Å². The number of aliphatic hydroxyl groups is 1. The molecule has 0 heterocycles. The molecule has 1 heteroatoms. The highest BCUT2D eigenvalue weighted by molar-refractivity contribution is 4.74. The van der Waals surface area contributed by atoms with Crippen molar-refractivity contribution in [3.05, 3.63) is 0 Å². The Balaban J connectivity index is 1.66. The van der Waals surface area contributed by atoms with E-state index in [9.17, 15) is 5.11 Å².